The molecule has 0 saturated carbocycles. The van der Waals surface area contributed by atoms with Gasteiger partial charge in [0.15, 0.2) is 0 Å². The minimum absolute atomic E-state index is 0.0485. The lowest BCUT2D eigenvalue weighted by Crippen LogP contribution is -2.39. The van der Waals surface area contributed by atoms with Crippen molar-refractivity contribution in [1.82, 2.24) is 5.43 Å². The number of carbonyl (C=O) groups excluding carboxylic acids is 1. The Morgan fingerprint density at radius 3 is 2.28 bits per heavy atom. The van der Waals surface area contributed by atoms with Gasteiger partial charge in [-0.15, -0.1) is 11.8 Å². The van der Waals surface area contributed by atoms with Gasteiger partial charge in [-0.2, -0.15) is 5.10 Å². The van der Waals surface area contributed by atoms with Crippen molar-refractivity contribution in [3.05, 3.63) is 84.4 Å². The highest BCUT2D eigenvalue weighted by Gasteiger charge is 2.27. The predicted molar refractivity (Wildman–Crippen MR) is 128 cm³/mol. The zero-order chi connectivity index (χ0) is 23.0. The summed E-state index contributed by atoms with van der Waals surface area (Å²) >= 11 is 1.63. The molecule has 166 valence electrons. The lowest BCUT2D eigenvalue weighted by Gasteiger charge is -2.23. The third-order valence-electron chi connectivity index (χ3n) is 4.50. The van der Waals surface area contributed by atoms with Crippen molar-refractivity contribution < 1.29 is 17.9 Å². The van der Waals surface area contributed by atoms with Crippen LogP contribution in [-0.2, 0) is 14.8 Å². The van der Waals surface area contributed by atoms with Crippen molar-refractivity contribution in [2.24, 2.45) is 5.10 Å². The van der Waals surface area contributed by atoms with Gasteiger partial charge in [0.2, 0.25) is 0 Å². The summed E-state index contributed by atoms with van der Waals surface area (Å²) in [4.78, 5) is 13.7. The van der Waals surface area contributed by atoms with Crippen LogP contribution in [0, 0.1) is 0 Å². The molecule has 1 amide bonds. The van der Waals surface area contributed by atoms with E-state index in [-0.39, 0.29) is 4.90 Å². The van der Waals surface area contributed by atoms with Gasteiger partial charge in [-0.25, -0.2) is 13.8 Å². The molecule has 3 aromatic carbocycles. The van der Waals surface area contributed by atoms with Crippen LogP contribution in [-0.4, -0.2) is 40.4 Å². The predicted octanol–water partition coefficient (Wildman–Crippen LogP) is 3.76. The Labute approximate surface area is 192 Å². The molecule has 0 spiro atoms. The zero-order valence-electron chi connectivity index (χ0n) is 17.6. The smallest absolute Gasteiger partial charge is 0.264 e. The molecule has 0 fully saturated rings. The van der Waals surface area contributed by atoms with Crippen LogP contribution in [0.5, 0.6) is 5.75 Å². The third kappa shape index (κ3) is 5.89. The highest BCUT2D eigenvalue weighted by molar-refractivity contribution is 7.98. The Hall–Kier alpha value is -3.30. The Kier molecular flexibility index (Phi) is 7.91. The van der Waals surface area contributed by atoms with E-state index in [0.717, 1.165) is 14.8 Å². The van der Waals surface area contributed by atoms with Crippen molar-refractivity contribution in [1.29, 1.82) is 0 Å². The van der Waals surface area contributed by atoms with Crippen LogP contribution in [0.2, 0.25) is 0 Å². The summed E-state index contributed by atoms with van der Waals surface area (Å²) in [6.45, 7) is -0.429. The number of hydrazone groups is 1. The Balaban J connectivity index is 1.78. The number of ether oxygens (including phenoxy) is 1. The number of carbonyl (C=O) groups is 1. The summed E-state index contributed by atoms with van der Waals surface area (Å²) in [5, 5.41) is 3.95. The molecule has 7 nitrogen and oxygen atoms in total. The maximum atomic E-state index is 13.3. The summed E-state index contributed by atoms with van der Waals surface area (Å²) < 4.78 is 32.7. The fourth-order valence-corrected chi connectivity index (χ4v) is 4.65. The minimum atomic E-state index is -4.00. The molecule has 0 aliphatic carbocycles. The van der Waals surface area contributed by atoms with E-state index in [4.69, 9.17) is 4.74 Å². The number of para-hydroxylation sites is 1. The molecule has 0 aliphatic heterocycles. The summed E-state index contributed by atoms with van der Waals surface area (Å²) in [6, 6.07) is 22.1. The number of nitrogens with one attached hydrogen (secondary N) is 1. The first-order valence-corrected chi connectivity index (χ1v) is 12.3. The molecule has 3 aromatic rings. The number of rotatable bonds is 9. The van der Waals surface area contributed by atoms with Gasteiger partial charge in [0.25, 0.3) is 15.9 Å². The number of benzene rings is 3. The molecule has 0 saturated heterocycles. The van der Waals surface area contributed by atoms with Crippen LogP contribution < -0.4 is 14.5 Å². The molecule has 9 heteroatoms. The van der Waals surface area contributed by atoms with Crippen molar-refractivity contribution >= 4 is 39.6 Å². The number of methoxy groups -OCH3 is 1. The molecule has 0 aromatic heterocycles. The SMILES string of the molecule is COc1ccc(S(=O)(=O)N(CC(=O)N/N=C\c2ccc(SC)cc2)c2ccccc2)cc1. The molecular weight excluding hydrogens is 446 g/mol. The van der Waals surface area contributed by atoms with E-state index in [0.29, 0.717) is 11.4 Å². The second-order valence-electron chi connectivity index (χ2n) is 6.59. The largest absolute Gasteiger partial charge is 0.497 e. The molecule has 0 radical (unpaired) electrons. The second kappa shape index (κ2) is 10.8. The summed E-state index contributed by atoms with van der Waals surface area (Å²) in [5.41, 5.74) is 3.59. The maximum absolute atomic E-state index is 13.3. The number of sulfonamides is 1. The van der Waals surface area contributed by atoms with Crippen LogP contribution in [0.1, 0.15) is 5.56 Å². The summed E-state index contributed by atoms with van der Waals surface area (Å²) in [7, 11) is -2.49. The summed E-state index contributed by atoms with van der Waals surface area (Å²) in [6.07, 6.45) is 3.49. The van der Waals surface area contributed by atoms with Gasteiger partial charge < -0.3 is 4.74 Å². The molecular formula is C23H23N3O4S2. The van der Waals surface area contributed by atoms with Crippen molar-refractivity contribution in [3.63, 3.8) is 0 Å². The van der Waals surface area contributed by atoms with Gasteiger partial charge in [0.05, 0.1) is 23.9 Å². The Morgan fingerprint density at radius 1 is 1.03 bits per heavy atom. The van der Waals surface area contributed by atoms with Crippen LogP contribution in [0.3, 0.4) is 0 Å². The first-order valence-electron chi connectivity index (χ1n) is 9.62. The molecule has 0 unspecified atom stereocenters. The topological polar surface area (TPSA) is 88.1 Å². The average molecular weight is 470 g/mol. The first-order chi connectivity index (χ1) is 15.4. The number of hydrogen-bond donors (Lipinski definition) is 1. The van der Waals surface area contributed by atoms with Gasteiger partial charge in [0.1, 0.15) is 12.3 Å². The third-order valence-corrected chi connectivity index (χ3v) is 7.03. The molecule has 0 bridgehead atoms. The number of hydrogen-bond acceptors (Lipinski definition) is 6. The quantitative estimate of drug-likeness (QED) is 0.293. The minimum Gasteiger partial charge on any atom is -0.497 e. The van der Waals surface area contributed by atoms with E-state index in [1.54, 1.807) is 54.2 Å². The number of thioether (sulfide) groups is 1. The summed E-state index contributed by atoms with van der Waals surface area (Å²) in [5.74, 6) is -0.0317. The highest BCUT2D eigenvalue weighted by Crippen LogP contribution is 2.24. The maximum Gasteiger partial charge on any atom is 0.264 e. The van der Waals surface area contributed by atoms with E-state index in [9.17, 15) is 13.2 Å². The molecule has 0 atom stereocenters. The standard InChI is InChI=1S/C23H23N3O4S2/c1-30-20-10-14-22(15-11-20)32(28,29)26(19-6-4-3-5-7-19)17-23(27)25-24-16-18-8-12-21(31-2)13-9-18/h3-16H,17H2,1-2H3,(H,25,27)/b24-16-. The van der Waals surface area contributed by atoms with Crippen LogP contribution in [0.4, 0.5) is 5.69 Å². The highest BCUT2D eigenvalue weighted by atomic mass is 32.2. The molecule has 32 heavy (non-hydrogen) atoms. The van der Waals surface area contributed by atoms with Crippen LogP contribution >= 0.6 is 11.8 Å². The number of nitrogens with zero attached hydrogens (tertiary/aromatic N) is 2. The van der Waals surface area contributed by atoms with E-state index in [2.05, 4.69) is 10.5 Å². The van der Waals surface area contributed by atoms with Crippen LogP contribution in [0.25, 0.3) is 0 Å². The van der Waals surface area contributed by atoms with Crippen molar-refractivity contribution in [3.8, 4) is 5.75 Å². The van der Waals surface area contributed by atoms with Crippen molar-refractivity contribution in [2.45, 2.75) is 9.79 Å². The van der Waals surface area contributed by atoms with Gasteiger partial charge in [-0.05, 0) is 60.4 Å². The van der Waals surface area contributed by atoms with E-state index in [1.807, 2.05) is 30.5 Å². The van der Waals surface area contributed by atoms with E-state index < -0.39 is 22.5 Å². The van der Waals surface area contributed by atoms with E-state index >= 15 is 0 Å². The van der Waals surface area contributed by atoms with Crippen LogP contribution in [0.15, 0.2) is 93.8 Å². The average Bonchev–Trinajstić information content (AvgIpc) is 2.83. The molecule has 3 rings (SSSR count). The fraction of sp³-hybridized carbons (Fsp3) is 0.130. The number of amides is 1. The fourth-order valence-electron chi connectivity index (χ4n) is 2.82. The van der Waals surface area contributed by atoms with E-state index in [1.165, 1.54) is 25.5 Å². The molecule has 0 aliphatic rings. The van der Waals surface area contributed by atoms with Gasteiger partial charge in [0, 0.05) is 4.90 Å². The lowest BCUT2D eigenvalue weighted by molar-refractivity contribution is -0.119. The molecule has 1 N–H and O–H groups in total. The zero-order valence-corrected chi connectivity index (χ0v) is 19.3. The first kappa shape index (κ1) is 23.4. The lowest BCUT2D eigenvalue weighted by atomic mass is 10.2. The monoisotopic (exact) mass is 469 g/mol. The Morgan fingerprint density at radius 2 is 1.69 bits per heavy atom. The normalized spacial score (nSPS) is 11.3. The Bertz CT molecular complexity index is 1160. The van der Waals surface area contributed by atoms with Gasteiger partial charge in [-0.3, -0.25) is 9.10 Å². The van der Waals surface area contributed by atoms with Crippen molar-refractivity contribution in [2.75, 3.05) is 24.2 Å². The van der Waals surface area contributed by atoms with Gasteiger partial charge >= 0.3 is 0 Å². The number of anilines is 1. The molecule has 0 heterocycles. The second-order valence-corrected chi connectivity index (χ2v) is 9.33. The van der Waals surface area contributed by atoms with Gasteiger partial charge in [-0.1, -0.05) is 30.3 Å².